The van der Waals surface area contributed by atoms with E-state index in [9.17, 15) is 4.79 Å². The average molecular weight is 270 g/mol. The molecule has 1 rings (SSSR count). The number of benzene rings is 1. The molecule has 0 bridgehead atoms. The molecule has 1 amide bonds. The normalized spacial score (nSPS) is 10.1. The van der Waals surface area contributed by atoms with Crippen molar-refractivity contribution in [3.63, 3.8) is 0 Å². The number of rotatable bonds is 4. The van der Waals surface area contributed by atoms with E-state index < -0.39 is 5.91 Å². The van der Waals surface area contributed by atoms with Crippen LogP contribution in [0.5, 0.6) is 0 Å². The van der Waals surface area contributed by atoms with Crippen molar-refractivity contribution >= 4 is 27.5 Å². The van der Waals surface area contributed by atoms with Crippen LogP contribution >= 0.6 is 15.9 Å². The summed E-state index contributed by atoms with van der Waals surface area (Å²) < 4.78 is 0.828. The number of carbonyl (C=O) groups is 1. The second-order valence-electron chi connectivity index (χ2n) is 3.16. The second kappa shape index (κ2) is 5.16. The number of halogens is 1. The third-order valence-electron chi connectivity index (χ3n) is 2.31. The van der Waals surface area contributed by atoms with E-state index in [1.54, 1.807) is 6.07 Å². The first-order valence-electron chi connectivity index (χ1n) is 4.90. The fourth-order valence-corrected chi connectivity index (χ4v) is 1.89. The molecule has 0 spiro atoms. The standard InChI is InChI=1S/C11H14BrN2O/c1-3-14(4-2)10-6-5-8(12)7-9(10)11(13)15/h5-7,13H,3-4H2,1-2H3. The number of nitrogens with one attached hydrogen (secondary N) is 1. The fourth-order valence-electron chi connectivity index (χ4n) is 1.53. The van der Waals surface area contributed by atoms with E-state index in [1.807, 2.05) is 26.0 Å². The Balaban J connectivity index is 3.21. The van der Waals surface area contributed by atoms with Crippen molar-refractivity contribution in [1.82, 2.24) is 5.73 Å². The molecule has 0 saturated heterocycles. The minimum atomic E-state index is -0.641. The third kappa shape index (κ3) is 2.72. The van der Waals surface area contributed by atoms with Gasteiger partial charge in [-0.25, -0.2) is 0 Å². The Morgan fingerprint density at radius 1 is 1.40 bits per heavy atom. The first-order chi connectivity index (χ1) is 7.10. The summed E-state index contributed by atoms with van der Waals surface area (Å²) in [5.74, 6) is -0.641. The summed E-state index contributed by atoms with van der Waals surface area (Å²) in [5, 5.41) is 0. The number of carbonyl (C=O) groups excluding carboxylic acids is 1. The average Bonchev–Trinajstić information content (AvgIpc) is 2.21. The largest absolute Gasteiger partial charge is 0.371 e. The molecule has 0 unspecified atom stereocenters. The highest BCUT2D eigenvalue weighted by Crippen LogP contribution is 2.24. The SMILES string of the molecule is CCN(CC)c1ccc(Br)cc1C([NH])=O. The molecular formula is C11H14BrN2O. The molecule has 0 aliphatic carbocycles. The highest BCUT2D eigenvalue weighted by Gasteiger charge is 2.13. The first kappa shape index (κ1) is 12.0. The van der Waals surface area contributed by atoms with Crippen molar-refractivity contribution in [2.24, 2.45) is 0 Å². The summed E-state index contributed by atoms with van der Waals surface area (Å²) in [6.07, 6.45) is 0. The van der Waals surface area contributed by atoms with Crippen molar-refractivity contribution in [3.8, 4) is 0 Å². The molecule has 0 saturated carbocycles. The zero-order valence-electron chi connectivity index (χ0n) is 8.88. The summed E-state index contributed by atoms with van der Waals surface area (Å²) in [6, 6.07) is 5.46. The zero-order valence-corrected chi connectivity index (χ0v) is 10.5. The highest BCUT2D eigenvalue weighted by molar-refractivity contribution is 9.10. The molecule has 0 aromatic heterocycles. The van der Waals surface area contributed by atoms with Gasteiger partial charge in [0.1, 0.15) is 0 Å². The lowest BCUT2D eigenvalue weighted by molar-refractivity contribution is 0.0992. The van der Waals surface area contributed by atoms with Gasteiger partial charge in [-0.1, -0.05) is 15.9 Å². The molecule has 4 heteroatoms. The monoisotopic (exact) mass is 269 g/mol. The number of hydrogen-bond donors (Lipinski definition) is 0. The molecule has 1 aromatic rings. The lowest BCUT2D eigenvalue weighted by Gasteiger charge is -2.23. The van der Waals surface area contributed by atoms with Crippen LogP contribution in [-0.4, -0.2) is 19.0 Å². The Hall–Kier alpha value is -1.03. The molecule has 0 atom stereocenters. The van der Waals surface area contributed by atoms with Gasteiger partial charge in [-0.3, -0.25) is 10.5 Å². The summed E-state index contributed by atoms with van der Waals surface area (Å²) in [5.41, 5.74) is 8.50. The van der Waals surface area contributed by atoms with Crippen LogP contribution in [0, 0.1) is 0 Å². The predicted octanol–water partition coefficient (Wildman–Crippen LogP) is 2.72. The molecule has 0 aliphatic heterocycles. The number of hydrogen-bond acceptors (Lipinski definition) is 2. The minimum Gasteiger partial charge on any atom is -0.371 e. The van der Waals surface area contributed by atoms with Gasteiger partial charge in [-0.2, -0.15) is 0 Å². The van der Waals surface area contributed by atoms with Crippen LogP contribution in [0.3, 0.4) is 0 Å². The smallest absolute Gasteiger partial charge is 0.271 e. The summed E-state index contributed by atoms with van der Waals surface area (Å²) >= 11 is 3.30. The van der Waals surface area contributed by atoms with Gasteiger partial charge in [0.05, 0.1) is 5.56 Å². The van der Waals surface area contributed by atoms with Crippen molar-refractivity contribution in [3.05, 3.63) is 28.2 Å². The van der Waals surface area contributed by atoms with Gasteiger partial charge in [-0.05, 0) is 32.0 Å². The second-order valence-corrected chi connectivity index (χ2v) is 4.08. The van der Waals surface area contributed by atoms with Gasteiger partial charge in [0, 0.05) is 23.2 Å². The Kier molecular flexibility index (Phi) is 4.15. The Morgan fingerprint density at radius 2 is 2.00 bits per heavy atom. The number of anilines is 1. The lowest BCUT2D eigenvalue weighted by Crippen LogP contribution is -2.24. The van der Waals surface area contributed by atoms with Crippen LogP contribution in [0.2, 0.25) is 0 Å². The molecule has 1 N–H and O–H groups in total. The molecule has 81 valence electrons. The van der Waals surface area contributed by atoms with Crippen molar-refractivity contribution < 1.29 is 4.79 Å². The maximum absolute atomic E-state index is 11.2. The first-order valence-corrected chi connectivity index (χ1v) is 5.69. The van der Waals surface area contributed by atoms with E-state index in [2.05, 4.69) is 20.8 Å². The van der Waals surface area contributed by atoms with Gasteiger partial charge >= 0.3 is 0 Å². The van der Waals surface area contributed by atoms with E-state index >= 15 is 0 Å². The van der Waals surface area contributed by atoms with Crippen LogP contribution in [-0.2, 0) is 0 Å². The highest BCUT2D eigenvalue weighted by atomic mass is 79.9. The van der Waals surface area contributed by atoms with E-state index in [-0.39, 0.29) is 0 Å². The topological polar surface area (TPSA) is 44.1 Å². The number of amides is 1. The Morgan fingerprint density at radius 3 is 2.47 bits per heavy atom. The summed E-state index contributed by atoms with van der Waals surface area (Å²) in [4.78, 5) is 13.2. The van der Waals surface area contributed by atoms with E-state index in [4.69, 9.17) is 5.73 Å². The van der Waals surface area contributed by atoms with Crippen LogP contribution in [0.25, 0.3) is 0 Å². The van der Waals surface area contributed by atoms with Gasteiger partial charge in [0.2, 0.25) is 0 Å². The molecule has 0 fully saturated rings. The zero-order chi connectivity index (χ0) is 11.4. The summed E-state index contributed by atoms with van der Waals surface area (Å²) in [6.45, 7) is 5.73. The predicted molar refractivity (Wildman–Crippen MR) is 65.1 cm³/mol. The fraction of sp³-hybridized carbons (Fsp3) is 0.364. The molecular weight excluding hydrogens is 256 g/mol. The van der Waals surface area contributed by atoms with E-state index in [0.29, 0.717) is 5.56 Å². The van der Waals surface area contributed by atoms with Gasteiger partial charge < -0.3 is 4.90 Å². The minimum absolute atomic E-state index is 0.452. The van der Waals surface area contributed by atoms with Gasteiger partial charge in [0.25, 0.3) is 5.91 Å². The van der Waals surface area contributed by atoms with Gasteiger partial charge in [0.15, 0.2) is 0 Å². The van der Waals surface area contributed by atoms with Crippen LogP contribution in [0.15, 0.2) is 22.7 Å². The Labute approximate surface area is 98.4 Å². The molecule has 0 aliphatic rings. The van der Waals surface area contributed by atoms with Crippen molar-refractivity contribution in [2.45, 2.75) is 13.8 Å². The molecule has 15 heavy (non-hydrogen) atoms. The van der Waals surface area contributed by atoms with Gasteiger partial charge in [-0.15, -0.1) is 0 Å². The van der Waals surface area contributed by atoms with E-state index in [0.717, 1.165) is 23.2 Å². The quantitative estimate of drug-likeness (QED) is 0.844. The van der Waals surface area contributed by atoms with Crippen LogP contribution in [0.4, 0.5) is 5.69 Å². The lowest BCUT2D eigenvalue weighted by atomic mass is 10.1. The summed E-state index contributed by atoms with van der Waals surface area (Å²) in [7, 11) is 0. The molecule has 3 nitrogen and oxygen atoms in total. The maximum Gasteiger partial charge on any atom is 0.271 e. The number of nitrogens with zero attached hydrogens (tertiary/aromatic N) is 1. The maximum atomic E-state index is 11.2. The van der Waals surface area contributed by atoms with Crippen LogP contribution in [0.1, 0.15) is 24.2 Å². The molecule has 0 heterocycles. The Bertz CT molecular complexity index is 362. The van der Waals surface area contributed by atoms with Crippen molar-refractivity contribution in [2.75, 3.05) is 18.0 Å². The third-order valence-corrected chi connectivity index (χ3v) is 2.80. The molecule has 1 aromatic carbocycles. The van der Waals surface area contributed by atoms with Crippen LogP contribution < -0.4 is 10.6 Å². The van der Waals surface area contributed by atoms with Crippen molar-refractivity contribution in [1.29, 1.82) is 0 Å². The molecule has 1 radical (unpaired) electrons. The van der Waals surface area contributed by atoms with E-state index in [1.165, 1.54) is 0 Å².